The molecule has 1 fully saturated rings. The van der Waals surface area contributed by atoms with Crippen molar-refractivity contribution in [2.24, 2.45) is 0 Å². The number of alkyl halides is 3. The molecular weight excluding hydrogens is 415 g/mol. The van der Waals surface area contributed by atoms with Gasteiger partial charge in [0.2, 0.25) is 0 Å². The first-order valence-corrected chi connectivity index (χ1v) is 8.85. The Morgan fingerprint density at radius 1 is 1.38 bits per heavy atom. The fraction of sp³-hybridized carbons (Fsp3) is 0.412. The van der Waals surface area contributed by atoms with Gasteiger partial charge >= 0.3 is 6.18 Å². The highest BCUT2D eigenvalue weighted by Crippen LogP contribution is 2.42. The van der Waals surface area contributed by atoms with E-state index in [1.807, 2.05) is 0 Å². The number of nitrogens with one attached hydrogen (secondary N) is 1. The minimum Gasteiger partial charge on any atom is -0.497 e. The van der Waals surface area contributed by atoms with Crippen LogP contribution in [0.3, 0.4) is 0 Å². The molecule has 140 valence electrons. The molecule has 0 radical (unpaired) electrons. The minimum absolute atomic E-state index is 0.127. The number of hydrogen-bond donors (Lipinski definition) is 1. The van der Waals surface area contributed by atoms with Gasteiger partial charge in [0.15, 0.2) is 5.69 Å². The molecule has 5 nitrogen and oxygen atoms in total. The molecule has 2 aromatic rings. The van der Waals surface area contributed by atoms with Gasteiger partial charge in [0, 0.05) is 22.6 Å². The molecular formula is C17H17BrF3N3O2. The van der Waals surface area contributed by atoms with Crippen molar-refractivity contribution < 1.29 is 22.7 Å². The minimum atomic E-state index is -4.47. The molecule has 1 aliphatic carbocycles. The summed E-state index contributed by atoms with van der Waals surface area (Å²) < 4.78 is 45.7. The summed E-state index contributed by atoms with van der Waals surface area (Å²) in [6.07, 6.45) is -2.73. The van der Waals surface area contributed by atoms with E-state index in [2.05, 4.69) is 26.3 Å². The number of ether oxygens (including phenoxy) is 1. The van der Waals surface area contributed by atoms with Crippen LogP contribution in [0, 0.1) is 0 Å². The molecule has 1 saturated carbocycles. The highest BCUT2D eigenvalue weighted by molar-refractivity contribution is 9.10. The van der Waals surface area contributed by atoms with E-state index in [1.54, 1.807) is 18.2 Å². The van der Waals surface area contributed by atoms with Crippen molar-refractivity contribution in [1.29, 1.82) is 0 Å². The molecule has 26 heavy (non-hydrogen) atoms. The number of methoxy groups -OCH3 is 1. The molecule has 0 atom stereocenters. The Morgan fingerprint density at radius 2 is 2.12 bits per heavy atom. The second-order valence-corrected chi connectivity index (χ2v) is 6.91. The van der Waals surface area contributed by atoms with Gasteiger partial charge < -0.3 is 10.1 Å². The zero-order valence-electron chi connectivity index (χ0n) is 13.9. The fourth-order valence-electron chi connectivity index (χ4n) is 2.63. The number of carbonyl (C=O) groups excluding carboxylic acids is 1. The number of benzene rings is 1. The molecule has 1 N–H and O–H groups in total. The first-order valence-electron chi connectivity index (χ1n) is 8.06. The molecule has 0 aliphatic heterocycles. The summed E-state index contributed by atoms with van der Waals surface area (Å²) in [4.78, 5) is 12.3. The normalized spacial score (nSPS) is 14.3. The van der Waals surface area contributed by atoms with Gasteiger partial charge in [-0.3, -0.25) is 9.48 Å². The second kappa shape index (κ2) is 7.30. The van der Waals surface area contributed by atoms with Crippen LogP contribution in [0.25, 0.3) is 0 Å². The van der Waals surface area contributed by atoms with Gasteiger partial charge in [-0.1, -0.05) is 0 Å². The second-order valence-electron chi connectivity index (χ2n) is 6.05. The monoisotopic (exact) mass is 431 g/mol. The quantitative estimate of drug-likeness (QED) is 0.752. The third-order valence-electron chi connectivity index (χ3n) is 4.12. The maximum atomic E-state index is 12.9. The molecule has 0 bridgehead atoms. The maximum Gasteiger partial charge on any atom is 0.435 e. The SMILES string of the molecule is COc1ccc(Br)c(C(=O)NCCn2nc(C(F)(F)F)cc2C2CC2)c1. The Labute approximate surface area is 156 Å². The van der Waals surface area contributed by atoms with Crippen molar-refractivity contribution in [3.8, 4) is 5.75 Å². The van der Waals surface area contributed by atoms with Gasteiger partial charge in [0.25, 0.3) is 5.91 Å². The lowest BCUT2D eigenvalue weighted by atomic mass is 10.2. The van der Waals surface area contributed by atoms with Crippen molar-refractivity contribution in [3.05, 3.63) is 45.7 Å². The number of rotatable bonds is 6. The van der Waals surface area contributed by atoms with E-state index in [0.29, 0.717) is 21.5 Å². The Balaban J connectivity index is 1.66. The van der Waals surface area contributed by atoms with E-state index in [-0.39, 0.29) is 24.9 Å². The molecule has 1 heterocycles. The Hall–Kier alpha value is -2.03. The van der Waals surface area contributed by atoms with Gasteiger partial charge in [-0.2, -0.15) is 18.3 Å². The first kappa shape index (κ1) is 18.8. The predicted octanol–water partition coefficient (Wildman–Crippen LogP) is 3.98. The summed E-state index contributed by atoms with van der Waals surface area (Å²) in [5.74, 6) is 0.324. The van der Waals surface area contributed by atoms with Crippen LogP contribution in [-0.4, -0.2) is 29.3 Å². The van der Waals surface area contributed by atoms with Crippen LogP contribution in [0.15, 0.2) is 28.7 Å². The third-order valence-corrected chi connectivity index (χ3v) is 4.82. The lowest BCUT2D eigenvalue weighted by Gasteiger charge is -2.10. The van der Waals surface area contributed by atoms with Crippen LogP contribution < -0.4 is 10.1 Å². The van der Waals surface area contributed by atoms with E-state index < -0.39 is 11.9 Å². The van der Waals surface area contributed by atoms with Crippen molar-refractivity contribution in [2.45, 2.75) is 31.5 Å². The summed E-state index contributed by atoms with van der Waals surface area (Å²) in [5.41, 5.74) is 0.0820. The van der Waals surface area contributed by atoms with E-state index >= 15 is 0 Å². The van der Waals surface area contributed by atoms with Crippen LogP contribution in [0.2, 0.25) is 0 Å². The van der Waals surface area contributed by atoms with Gasteiger partial charge in [0.05, 0.1) is 19.2 Å². The summed E-state index contributed by atoms with van der Waals surface area (Å²) >= 11 is 3.30. The average Bonchev–Trinajstić information content (AvgIpc) is 3.34. The number of halogens is 4. The Kier molecular flexibility index (Phi) is 5.27. The van der Waals surface area contributed by atoms with Crippen LogP contribution >= 0.6 is 15.9 Å². The van der Waals surface area contributed by atoms with Gasteiger partial charge in [-0.15, -0.1) is 0 Å². The maximum absolute atomic E-state index is 12.9. The summed E-state index contributed by atoms with van der Waals surface area (Å²) in [6, 6.07) is 6.11. The van der Waals surface area contributed by atoms with Crippen LogP contribution in [-0.2, 0) is 12.7 Å². The van der Waals surface area contributed by atoms with E-state index in [0.717, 1.165) is 18.9 Å². The van der Waals surface area contributed by atoms with Crippen molar-refractivity contribution in [1.82, 2.24) is 15.1 Å². The summed E-state index contributed by atoms with van der Waals surface area (Å²) in [7, 11) is 1.50. The van der Waals surface area contributed by atoms with E-state index in [9.17, 15) is 18.0 Å². The van der Waals surface area contributed by atoms with Gasteiger partial charge in [-0.05, 0) is 53.0 Å². The van der Waals surface area contributed by atoms with Gasteiger partial charge in [-0.25, -0.2) is 0 Å². The highest BCUT2D eigenvalue weighted by Gasteiger charge is 2.37. The van der Waals surface area contributed by atoms with Crippen LogP contribution in [0.5, 0.6) is 5.75 Å². The fourth-order valence-corrected chi connectivity index (χ4v) is 3.06. The molecule has 1 aliphatic rings. The molecule has 1 aromatic carbocycles. The molecule has 0 spiro atoms. The Morgan fingerprint density at radius 3 is 2.73 bits per heavy atom. The molecule has 0 unspecified atom stereocenters. The smallest absolute Gasteiger partial charge is 0.435 e. The van der Waals surface area contributed by atoms with E-state index in [4.69, 9.17) is 4.74 Å². The molecule has 1 amide bonds. The number of nitrogens with zero attached hydrogens (tertiary/aromatic N) is 2. The topological polar surface area (TPSA) is 56.1 Å². The Bertz CT molecular complexity index is 816. The number of aromatic nitrogens is 2. The predicted molar refractivity (Wildman–Crippen MR) is 92.2 cm³/mol. The lowest BCUT2D eigenvalue weighted by molar-refractivity contribution is -0.141. The third kappa shape index (κ3) is 4.20. The molecule has 0 saturated heterocycles. The van der Waals surface area contributed by atoms with E-state index in [1.165, 1.54) is 11.8 Å². The van der Waals surface area contributed by atoms with Crippen molar-refractivity contribution >= 4 is 21.8 Å². The van der Waals surface area contributed by atoms with Crippen molar-refractivity contribution in [2.75, 3.05) is 13.7 Å². The average molecular weight is 432 g/mol. The van der Waals surface area contributed by atoms with Gasteiger partial charge in [0.1, 0.15) is 5.75 Å². The van der Waals surface area contributed by atoms with Crippen molar-refractivity contribution in [3.63, 3.8) is 0 Å². The summed E-state index contributed by atoms with van der Waals surface area (Å²) in [6.45, 7) is 0.344. The van der Waals surface area contributed by atoms with Crippen LogP contribution in [0.1, 0.15) is 40.5 Å². The molecule has 9 heteroatoms. The van der Waals surface area contributed by atoms with Crippen LogP contribution in [0.4, 0.5) is 13.2 Å². The zero-order chi connectivity index (χ0) is 18.9. The molecule has 3 rings (SSSR count). The highest BCUT2D eigenvalue weighted by atomic mass is 79.9. The zero-order valence-corrected chi connectivity index (χ0v) is 15.5. The number of amides is 1. The number of carbonyl (C=O) groups is 1. The first-order chi connectivity index (χ1) is 12.3. The molecule has 1 aromatic heterocycles. The standard InChI is InChI=1S/C17H17BrF3N3O2/c1-26-11-4-5-13(18)12(8-11)16(25)22-6-7-24-14(10-2-3-10)9-15(23-24)17(19,20)21/h4-5,8-10H,2-3,6-7H2,1H3,(H,22,25). The lowest BCUT2D eigenvalue weighted by Crippen LogP contribution is -2.28. The summed E-state index contributed by atoms with van der Waals surface area (Å²) in [5, 5.41) is 6.38. The number of hydrogen-bond acceptors (Lipinski definition) is 3. The largest absolute Gasteiger partial charge is 0.497 e.